The molecule has 6 nitrogen and oxygen atoms in total. The Bertz CT molecular complexity index is 622. The van der Waals surface area contributed by atoms with E-state index in [1.54, 1.807) is 18.7 Å². The number of aryl methyl sites for hydroxylation is 1. The average molecular weight is 328 g/mol. The number of rotatable bonds is 6. The molecule has 3 rings (SSSR count). The maximum atomic E-state index is 12.4. The molecule has 1 aliphatic heterocycles. The maximum Gasteiger partial charge on any atom is 0.225 e. The quantitative estimate of drug-likeness (QED) is 0.882. The molecule has 2 aromatic rings. The summed E-state index contributed by atoms with van der Waals surface area (Å²) in [7, 11) is 0. The lowest BCUT2D eigenvalue weighted by Crippen LogP contribution is -2.43. The van der Waals surface area contributed by atoms with E-state index in [2.05, 4.69) is 20.2 Å². The molecule has 2 aromatic heterocycles. The minimum absolute atomic E-state index is 0.0797. The van der Waals surface area contributed by atoms with E-state index in [-0.39, 0.29) is 17.9 Å². The highest BCUT2D eigenvalue weighted by Crippen LogP contribution is 2.20. The summed E-state index contributed by atoms with van der Waals surface area (Å²) in [6.45, 7) is 3.69. The summed E-state index contributed by atoms with van der Waals surface area (Å²) < 4.78 is 5.33. The smallest absolute Gasteiger partial charge is 0.225 e. The van der Waals surface area contributed by atoms with E-state index in [1.165, 1.54) is 0 Å². The zero-order valence-electron chi connectivity index (χ0n) is 14.0. The molecule has 0 aliphatic carbocycles. The number of nitrogens with zero attached hydrogens (tertiary/aromatic N) is 3. The third-order valence-corrected chi connectivity index (χ3v) is 4.49. The van der Waals surface area contributed by atoms with Crippen molar-refractivity contribution in [2.45, 2.75) is 38.6 Å². The molecule has 0 radical (unpaired) electrons. The van der Waals surface area contributed by atoms with Crippen molar-refractivity contribution < 1.29 is 9.21 Å². The minimum Gasteiger partial charge on any atom is -0.469 e. The fourth-order valence-electron chi connectivity index (χ4n) is 3.04. The number of furan rings is 1. The van der Waals surface area contributed by atoms with E-state index >= 15 is 0 Å². The van der Waals surface area contributed by atoms with Gasteiger partial charge in [0.2, 0.25) is 11.9 Å². The maximum absolute atomic E-state index is 12.4. The van der Waals surface area contributed by atoms with Crippen LogP contribution in [0.3, 0.4) is 0 Å². The Morgan fingerprint density at radius 1 is 1.33 bits per heavy atom. The van der Waals surface area contributed by atoms with Gasteiger partial charge >= 0.3 is 0 Å². The van der Waals surface area contributed by atoms with Crippen molar-refractivity contribution in [1.29, 1.82) is 0 Å². The van der Waals surface area contributed by atoms with Gasteiger partial charge in [-0.3, -0.25) is 4.79 Å². The van der Waals surface area contributed by atoms with Gasteiger partial charge < -0.3 is 14.6 Å². The molecule has 128 valence electrons. The van der Waals surface area contributed by atoms with Gasteiger partial charge in [-0.2, -0.15) is 0 Å². The first-order chi connectivity index (χ1) is 11.7. The summed E-state index contributed by atoms with van der Waals surface area (Å²) in [4.78, 5) is 23.1. The van der Waals surface area contributed by atoms with Gasteiger partial charge in [-0.1, -0.05) is 0 Å². The lowest BCUT2D eigenvalue weighted by molar-refractivity contribution is -0.126. The van der Waals surface area contributed by atoms with Crippen LogP contribution in [0.15, 0.2) is 41.3 Å². The number of piperidine rings is 1. The topological polar surface area (TPSA) is 71.3 Å². The second-order valence-corrected chi connectivity index (χ2v) is 6.34. The average Bonchev–Trinajstić information content (AvgIpc) is 3.14. The highest BCUT2D eigenvalue weighted by molar-refractivity contribution is 5.79. The molecule has 3 heterocycles. The van der Waals surface area contributed by atoms with Gasteiger partial charge in [0.05, 0.1) is 6.26 Å². The number of nitrogens with one attached hydrogen (secondary N) is 1. The van der Waals surface area contributed by atoms with Crippen LogP contribution >= 0.6 is 0 Å². The van der Waals surface area contributed by atoms with Crippen LogP contribution in [0.1, 0.15) is 31.9 Å². The highest BCUT2D eigenvalue weighted by atomic mass is 16.3. The van der Waals surface area contributed by atoms with Crippen molar-refractivity contribution in [2.75, 3.05) is 18.0 Å². The number of anilines is 1. The molecular formula is C18H24N4O2. The first-order valence-electron chi connectivity index (χ1n) is 8.57. The van der Waals surface area contributed by atoms with Gasteiger partial charge in [0.15, 0.2) is 0 Å². The Balaban J connectivity index is 1.41. The molecule has 1 saturated heterocycles. The lowest BCUT2D eigenvalue weighted by atomic mass is 9.95. The van der Waals surface area contributed by atoms with E-state index in [0.717, 1.165) is 50.5 Å². The predicted octanol–water partition coefficient (Wildman–Crippen LogP) is 2.42. The lowest BCUT2D eigenvalue weighted by Gasteiger charge is -2.31. The fourth-order valence-corrected chi connectivity index (χ4v) is 3.04. The number of amides is 1. The molecule has 24 heavy (non-hydrogen) atoms. The number of carbonyl (C=O) groups excluding carboxylic acids is 1. The first kappa shape index (κ1) is 16.5. The Morgan fingerprint density at radius 3 is 2.75 bits per heavy atom. The Hall–Kier alpha value is -2.37. The molecule has 1 fully saturated rings. The number of hydrogen-bond donors (Lipinski definition) is 1. The van der Waals surface area contributed by atoms with Crippen LogP contribution < -0.4 is 10.2 Å². The monoisotopic (exact) mass is 328 g/mol. The van der Waals surface area contributed by atoms with Crippen molar-refractivity contribution in [3.63, 3.8) is 0 Å². The second kappa shape index (κ2) is 7.95. The van der Waals surface area contributed by atoms with Gasteiger partial charge in [0.1, 0.15) is 5.76 Å². The van der Waals surface area contributed by atoms with Crippen LogP contribution in [-0.2, 0) is 11.2 Å². The van der Waals surface area contributed by atoms with E-state index in [4.69, 9.17) is 4.42 Å². The number of hydrogen-bond acceptors (Lipinski definition) is 5. The Morgan fingerprint density at radius 2 is 2.08 bits per heavy atom. The number of aromatic nitrogens is 2. The summed E-state index contributed by atoms with van der Waals surface area (Å²) in [6.07, 6.45) is 8.60. The standard InChI is InChI=1S/C18H24N4O2/c1-14(5-6-16-4-2-13-24-16)21-17(23)15-7-11-22(12-8-15)18-19-9-3-10-20-18/h2-4,9-10,13-15H,5-8,11-12H2,1H3,(H,21,23). The molecule has 6 heteroatoms. The SMILES string of the molecule is CC(CCc1ccco1)NC(=O)C1CCN(c2ncccn2)CC1. The van der Waals surface area contributed by atoms with Gasteiger partial charge in [-0.15, -0.1) is 0 Å². The molecule has 0 spiro atoms. The van der Waals surface area contributed by atoms with Crippen LogP contribution in [0.4, 0.5) is 5.95 Å². The van der Waals surface area contributed by atoms with Crippen molar-refractivity contribution in [1.82, 2.24) is 15.3 Å². The molecule has 1 N–H and O–H groups in total. The van der Waals surface area contributed by atoms with Crippen molar-refractivity contribution in [2.24, 2.45) is 5.92 Å². The molecular weight excluding hydrogens is 304 g/mol. The van der Waals surface area contributed by atoms with Crippen LogP contribution in [0.5, 0.6) is 0 Å². The van der Waals surface area contributed by atoms with Crippen LogP contribution in [0, 0.1) is 5.92 Å². The summed E-state index contributed by atoms with van der Waals surface area (Å²) in [5.41, 5.74) is 0. The van der Waals surface area contributed by atoms with Crippen molar-refractivity contribution in [3.05, 3.63) is 42.6 Å². The summed E-state index contributed by atoms with van der Waals surface area (Å²) in [6, 6.07) is 5.82. The molecule has 0 bridgehead atoms. The molecule has 1 amide bonds. The third kappa shape index (κ3) is 4.34. The van der Waals surface area contributed by atoms with E-state index in [1.807, 2.05) is 25.1 Å². The Kier molecular flexibility index (Phi) is 5.46. The molecule has 1 aliphatic rings. The van der Waals surface area contributed by atoms with E-state index < -0.39 is 0 Å². The van der Waals surface area contributed by atoms with Gasteiger partial charge in [-0.25, -0.2) is 9.97 Å². The predicted molar refractivity (Wildman–Crippen MR) is 91.6 cm³/mol. The van der Waals surface area contributed by atoms with E-state index in [0.29, 0.717) is 0 Å². The number of carbonyl (C=O) groups is 1. The van der Waals surface area contributed by atoms with E-state index in [9.17, 15) is 4.79 Å². The summed E-state index contributed by atoms with van der Waals surface area (Å²) in [5.74, 6) is 1.96. The van der Waals surface area contributed by atoms with Crippen molar-refractivity contribution >= 4 is 11.9 Å². The highest BCUT2D eigenvalue weighted by Gasteiger charge is 2.26. The van der Waals surface area contributed by atoms with Crippen molar-refractivity contribution in [3.8, 4) is 0 Å². The van der Waals surface area contributed by atoms with Crippen LogP contribution in [0.25, 0.3) is 0 Å². The fraction of sp³-hybridized carbons (Fsp3) is 0.500. The van der Waals surface area contributed by atoms with Crippen LogP contribution in [-0.4, -0.2) is 35.0 Å². The van der Waals surface area contributed by atoms with Gasteiger partial charge in [-0.05, 0) is 44.4 Å². The van der Waals surface area contributed by atoms with Gasteiger partial charge in [0, 0.05) is 43.9 Å². The zero-order chi connectivity index (χ0) is 16.8. The first-order valence-corrected chi connectivity index (χ1v) is 8.57. The third-order valence-electron chi connectivity index (χ3n) is 4.49. The molecule has 1 unspecified atom stereocenters. The molecule has 0 aromatic carbocycles. The zero-order valence-corrected chi connectivity index (χ0v) is 14.0. The normalized spacial score (nSPS) is 16.8. The second-order valence-electron chi connectivity index (χ2n) is 6.34. The summed E-state index contributed by atoms with van der Waals surface area (Å²) in [5, 5.41) is 3.14. The molecule has 1 atom stereocenters. The molecule has 0 saturated carbocycles. The summed E-state index contributed by atoms with van der Waals surface area (Å²) >= 11 is 0. The Labute approximate surface area is 142 Å². The van der Waals surface area contributed by atoms with Crippen LogP contribution in [0.2, 0.25) is 0 Å². The van der Waals surface area contributed by atoms with Gasteiger partial charge in [0.25, 0.3) is 0 Å². The minimum atomic E-state index is 0.0797. The largest absolute Gasteiger partial charge is 0.469 e.